The summed E-state index contributed by atoms with van der Waals surface area (Å²) in [5.41, 5.74) is 1.55. The molecule has 110 valence electrons. The average Bonchev–Trinajstić information content (AvgIpc) is 2.47. The van der Waals surface area contributed by atoms with Crippen LogP contribution in [0.5, 0.6) is 5.75 Å². The van der Waals surface area contributed by atoms with Gasteiger partial charge in [-0.05, 0) is 38.3 Å². The Hall–Kier alpha value is -1.55. The first-order valence-corrected chi connectivity index (χ1v) is 7.14. The van der Waals surface area contributed by atoms with Crippen LogP contribution < -0.4 is 9.64 Å². The molecule has 0 aromatic heterocycles. The maximum absolute atomic E-state index is 11.9. The number of carbonyl (C=O) groups excluding carboxylic acids is 1. The van der Waals surface area contributed by atoms with Crippen molar-refractivity contribution in [3.05, 3.63) is 23.8 Å². The van der Waals surface area contributed by atoms with E-state index in [0.29, 0.717) is 11.3 Å². The van der Waals surface area contributed by atoms with Gasteiger partial charge in [0.25, 0.3) is 0 Å². The van der Waals surface area contributed by atoms with E-state index in [0.717, 1.165) is 31.7 Å². The van der Waals surface area contributed by atoms with Gasteiger partial charge in [0.2, 0.25) is 0 Å². The van der Waals surface area contributed by atoms with E-state index >= 15 is 0 Å². The summed E-state index contributed by atoms with van der Waals surface area (Å²) >= 11 is 0. The number of Topliss-reactive ketones (excluding diaryl/α,β-unsaturated/α-hetero) is 1. The Kier molecular flexibility index (Phi) is 5.01. The molecular weight excluding hydrogens is 254 g/mol. The third-order valence-electron chi connectivity index (χ3n) is 3.74. The maximum Gasteiger partial charge on any atom is 0.165 e. The zero-order valence-electron chi connectivity index (χ0n) is 12.5. The summed E-state index contributed by atoms with van der Waals surface area (Å²) in [4.78, 5) is 14.0. The van der Waals surface area contributed by atoms with E-state index in [1.165, 1.54) is 6.42 Å². The van der Waals surface area contributed by atoms with Crippen molar-refractivity contribution in [2.45, 2.75) is 32.3 Å². The summed E-state index contributed by atoms with van der Waals surface area (Å²) in [6, 6.07) is 5.70. The molecule has 0 aliphatic carbocycles. The van der Waals surface area contributed by atoms with Crippen LogP contribution in [0, 0.1) is 0 Å². The Morgan fingerprint density at radius 1 is 1.45 bits per heavy atom. The van der Waals surface area contributed by atoms with Gasteiger partial charge in [0.05, 0.1) is 24.5 Å². The van der Waals surface area contributed by atoms with E-state index in [2.05, 4.69) is 4.90 Å². The number of anilines is 1. The third-order valence-corrected chi connectivity index (χ3v) is 3.74. The Labute approximate surface area is 120 Å². The summed E-state index contributed by atoms with van der Waals surface area (Å²) in [7, 11) is 3.59. The number of carbonyl (C=O) groups is 1. The van der Waals surface area contributed by atoms with Gasteiger partial charge in [0.1, 0.15) is 5.75 Å². The topological polar surface area (TPSA) is 38.8 Å². The fourth-order valence-corrected chi connectivity index (χ4v) is 2.72. The van der Waals surface area contributed by atoms with Gasteiger partial charge in [-0.3, -0.25) is 4.79 Å². The van der Waals surface area contributed by atoms with Crippen molar-refractivity contribution in [1.29, 1.82) is 0 Å². The van der Waals surface area contributed by atoms with Gasteiger partial charge in [0.15, 0.2) is 5.78 Å². The van der Waals surface area contributed by atoms with Crippen molar-refractivity contribution < 1.29 is 14.3 Å². The maximum atomic E-state index is 11.9. The van der Waals surface area contributed by atoms with E-state index in [1.807, 2.05) is 25.2 Å². The molecule has 1 atom stereocenters. The average molecular weight is 277 g/mol. The second-order valence-corrected chi connectivity index (χ2v) is 5.28. The molecule has 1 unspecified atom stereocenters. The monoisotopic (exact) mass is 277 g/mol. The molecule has 0 radical (unpaired) electrons. The first-order chi connectivity index (χ1) is 9.63. The first kappa shape index (κ1) is 14.9. The summed E-state index contributed by atoms with van der Waals surface area (Å²) in [6.45, 7) is 3.22. The van der Waals surface area contributed by atoms with Crippen LogP contribution in [0.25, 0.3) is 0 Å². The normalized spacial score (nSPS) is 18.6. The first-order valence-electron chi connectivity index (χ1n) is 7.14. The fourth-order valence-electron chi connectivity index (χ4n) is 2.72. The highest BCUT2D eigenvalue weighted by Crippen LogP contribution is 2.30. The predicted octanol–water partition coefficient (Wildman–Crippen LogP) is 2.90. The van der Waals surface area contributed by atoms with Crippen molar-refractivity contribution in [2.75, 3.05) is 32.2 Å². The van der Waals surface area contributed by atoms with Crippen molar-refractivity contribution in [2.24, 2.45) is 0 Å². The van der Waals surface area contributed by atoms with Gasteiger partial charge >= 0.3 is 0 Å². The minimum atomic E-state index is 0.0221. The molecule has 1 aliphatic rings. The van der Waals surface area contributed by atoms with Crippen molar-refractivity contribution in [3.63, 3.8) is 0 Å². The second kappa shape index (κ2) is 6.75. The van der Waals surface area contributed by atoms with Crippen LogP contribution in [-0.4, -0.2) is 39.2 Å². The highest BCUT2D eigenvalue weighted by molar-refractivity contribution is 6.02. The standard InChI is InChI=1S/C16H23NO3/c1-12(18)16-14(8-6-9-15(16)19-3)17(2)11-13-7-4-5-10-20-13/h6,8-9,13H,4-5,7,10-11H2,1-3H3. The molecule has 1 aromatic rings. The Bertz CT molecular complexity index is 467. The summed E-state index contributed by atoms with van der Waals surface area (Å²) in [6.07, 6.45) is 3.71. The summed E-state index contributed by atoms with van der Waals surface area (Å²) in [5, 5.41) is 0. The van der Waals surface area contributed by atoms with E-state index in [-0.39, 0.29) is 11.9 Å². The second-order valence-electron chi connectivity index (χ2n) is 5.28. The Morgan fingerprint density at radius 3 is 2.85 bits per heavy atom. The zero-order valence-corrected chi connectivity index (χ0v) is 12.5. The zero-order chi connectivity index (χ0) is 14.5. The molecule has 0 bridgehead atoms. The Morgan fingerprint density at radius 2 is 2.25 bits per heavy atom. The molecule has 0 N–H and O–H groups in total. The smallest absolute Gasteiger partial charge is 0.165 e. The van der Waals surface area contributed by atoms with E-state index < -0.39 is 0 Å². The van der Waals surface area contributed by atoms with Crippen LogP contribution in [0.2, 0.25) is 0 Å². The Balaban J connectivity index is 2.19. The molecule has 1 fully saturated rings. The SMILES string of the molecule is COc1cccc(N(C)CC2CCCCO2)c1C(C)=O. The number of nitrogens with zero attached hydrogens (tertiary/aromatic N) is 1. The number of benzene rings is 1. The number of hydrogen-bond donors (Lipinski definition) is 0. The lowest BCUT2D eigenvalue weighted by molar-refractivity contribution is 0.0216. The highest BCUT2D eigenvalue weighted by Gasteiger charge is 2.20. The molecule has 4 heteroatoms. The molecule has 1 heterocycles. The van der Waals surface area contributed by atoms with Gasteiger partial charge in [0, 0.05) is 20.2 Å². The van der Waals surface area contributed by atoms with Crippen LogP contribution in [0.1, 0.15) is 36.5 Å². The molecule has 0 saturated carbocycles. The van der Waals surface area contributed by atoms with Gasteiger partial charge in [-0.2, -0.15) is 0 Å². The van der Waals surface area contributed by atoms with Gasteiger partial charge < -0.3 is 14.4 Å². The number of rotatable bonds is 5. The van der Waals surface area contributed by atoms with Crippen LogP contribution in [-0.2, 0) is 4.74 Å². The lowest BCUT2D eigenvalue weighted by atomic mass is 10.1. The lowest BCUT2D eigenvalue weighted by Gasteiger charge is -2.29. The molecule has 0 amide bonds. The number of likely N-dealkylation sites (N-methyl/N-ethyl adjacent to an activating group) is 1. The van der Waals surface area contributed by atoms with Crippen LogP contribution >= 0.6 is 0 Å². The van der Waals surface area contributed by atoms with Gasteiger partial charge in [-0.25, -0.2) is 0 Å². The number of ketones is 1. The molecular formula is C16H23NO3. The molecule has 2 rings (SSSR count). The van der Waals surface area contributed by atoms with Crippen LogP contribution in [0.3, 0.4) is 0 Å². The molecule has 20 heavy (non-hydrogen) atoms. The minimum Gasteiger partial charge on any atom is -0.496 e. The third kappa shape index (κ3) is 3.31. The number of methoxy groups -OCH3 is 1. The van der Waals surface area contributed by atoms with Crippen molar-refractivity contribution in [3.8, 4) is 5.75 Å². The highest BCUT2D eigenvalue weighted by atomic mass is 16.5. The quantitative estimate of drug-likeness (QED) is 0.776. The molecule has 1 aromatic carbocycles. The number of hydrogen-bond acceptors (Lipinski definition) is 4. The fraction of sp³-hybridized carbons (Fsp3) is 0.562. The molecule has 4 nitrogen and oxygen atoms in total. The van der Waals surface area contributed by atoms with Crippen LogP contribution in [0.4, 0.5) is 5.69 Å². The predicted molar refractivity (Wildman–Crippen MR) is 79.9 cm³/mol. The molecule has 1 saturated heterocycles. The van der Waals surface area contributed by atoms with Gasteiger partial charge in [-0.1, -0.05) is 6.07 Å². The largest absolute Gasteiger partial charge is 0.496 e. The lowest BCUT2D eigenvalue weighted by Crippen LogP contribution is -2.34. The van der Waals surface area contributed by atoms with Gasteiger partial charge in [-0.15, -0.1) is 0 Å². The summed E-state index contributed by atoms with van der Waals surface area (Å²) < 4.78 is 11.1. The number of ether oxygens (including phenoxy) is 2. The van der Waals surface area contributed by atoms with E-state index in [1.54, 1.807) is 14.0 Å². The van der Waals surface area contributed by atoms with E-state index in [9.17, 15) is 4.79 Å². The van der Waals surface area contributed by atoms with E-state index in [4.69, 9.17) is 9.47 Å². The van der Waals surface area contributed by atoms with Crippen molar-refractivity contribution in [1.82, 2.24) is 0 Å². The summed E-state index contributed by atoms with van der Waals surface area (Å²) in [5.74, 6) is 0.653. The minimum absolute atomic E-state index is 0.0221. The molecule has 1 aliphatic heterocycles. The molecule has 0 spiro atoms. The van der Waals surface area contributed by atoms with Crippen LogP contribution in [0.15, 0.2) is 18.2 Å². The van der Waals surface area contributed by atoms with Crippen molar-refractivity contribution >= 4 is 11.5 Å².